The van der Waals surface area contributed by atoms with Gasteiger partial charge in [0.1, 0.15) is 0 Å². The SMILES string of the molecule is CC(C)CC(CCNC(C)C)(C(N)=O)c1ccccc1. The van der Waals surface area contributed by atoms with Crippen LogP contribution in [0.2, 0.25) is 0 Å². The third-order valence-corrected chi connectivity index (χ3v) is 3.66. The third-order valence-electron chi connectivity index (χ3n) is 3.66. The average Bonchev–Trinajstić information content (AvgIpc) is 2.37. The third kappa shape index (κ3) is 4.34. The maximum absolute atomic E-state index is 12.2. The molecule has 20 heavy (non-hydrogen) atoms. The van der Waals surface area contributed by atoms with Gasteiger partial charge in [-0.25, -0.2) is 0 Å². The topological polar surface area (TPSA) is 55.1 Å². The lowest BCUT2D eigenvalue weighted by Crippen LogP contribution is -2.45. The first-order chi connectivity index (χ1) is 9.38. The number of primary amides is 1. The molecule has 0 spiro atoms. The molecule has 112 valence electrons. The summed E-state index contributed by atoms with van der Waals surface area (Å²) in [6.07, 6.45) is 1.52. The minimum Gasteiger partial charge on any atom is -0.369 e. The molecule has 0 saturated heterocycles. The summed E-state index contributed by atoms with van der Waals surface area (Å²) < 4.78 is 0. The summed E-state index contributed by atoms with van der Waals surface area (Å²) in [6, 6.07) is 10.4. The minimum absolute atomic E-state index is 0.219. The number of carbonyl (C=O) groups excluding carboxylic acids is 1. The van der Waals surface area contributed by atoms with E-state index in [1.807, 2.05) is 30.3 Å². The van der Waals surface area contributed by atoms with Crippen molar-refractivity contribution in [3.05, 3.63) is 35.9 Å². The van der Waals surface area contributed by atoms with Gasteiger partial charge in [0.25, 0.3) is 0 Å². The van der Waals surface area contributed by atoms with Gasteiger partial charge in [-0.1, -0.05) is 58.0 Å². The first kappa shape index (κ1) is 16.7. The van der Waals surface area contributed by atoms with Crippen molar-refractivity contribution in [2.45, 2.75) is 52.0 Å². The Hall–Kier alpha value is -1.35. The highest BCUT2D eigenvalue weighted by atomic mass is 16.1. The predicted molar refractivity (Wildman–Crippen MR) is 84.5 cm³/mol. The molecular weight excluding hydrogens is 248 g/mol. The lowest BCUT2D eigenvalue weighted by molar-refractivity contribution is -0.124. The van der Waals surface area contributed by atoms with Crippen molar-refractivity contribution >= 4 is 5.91 Å². The highest BCUT2D eigenvalue weighted by molar-refractivity contribution is 5.86. The van der Waals surface area contributed by atoms with Gasteiger partial charge in [-0.3, -0.25) is 4.79 Å². The maximum atomic E-state index is 12.2. The number of carbonyl (C=O) groups is 1. The van der Waals surface area contributed by atoms with Crippen LogP contribution in [0, 0.1) is 5.92 Å². The highest BCUT2D eigenvalue weighted by Gasteiger charge is 2.38. The van der Waals surface area contributed by atoms with E-state index in [1.54, 1.807) is 0 Å². The van der Waals surface area contributed by atoms with Gasteiger partial charge in [0, 0.05) is 6.04 Å². The number of hydrogen-bond acceptors (Lipinski definition) is 2. The van der Waals surface area contributed by atoms with E-state index in [1.165, 1.54) is 0 Å². The molecule has 0 fully saturated rings. The van der Waals surface area contributed by atoms with Crippen LogP contribution in [0.5, 0.6) is 0 Å². The molecule has 0 bridgehead atoms. The molecule has 0 radical (unpaired) electrons. The van der Waals surface area contributed by atoms with Crippen LogP contribution >= 0.6 is 0 Å². The summed E-state index contributed by atoms with van der Waals surface area (Å²) in [4.78, 5) is 12.2. The largest absolute Gasteiger partial charge is 0.369 e. The molecular formula is C17H28N2O. The van der Waals surface area contributed by atoms with Crippen LogP contribution in [-0.2, 0) is 10.2 Å². The van der Waals surface area contributed by atoms with Gasteiger partial charge in [0.15, 0.2) is 0 Å². The molecule has 0 aliphatic rings. The summed E-state index contributed by atoms with van der Waals surface area (Å²) in [5.41, 5.74) is 6.26. The smallest absolute Gasteiger partial charge is 0.228 e. The fourth-order valence-electron chi connectivity index (χ4n) is 2.76. The molecule has 1 aromatic carbocycles. The summed E-state index contributed by atoms with van der Waals surface area (Å²) in [6.45, 7) is 9.28. The second kappa shape index (κ2) is 7.44. The first-order valence-corrected chi connectivity index (χ1v) is 7.47. The second-order valence-electron chi connectivity index (χ2n) is 6.27. The Bertz CT molecular complexity index is 414. The Kier molecular flexibility index (Phi) is 6.21. The predicted octanol–water partition coefficient (Wildman–Crippen LogP) is 2.84. The zero-order valence-corrected chi connectivity index (χ0v) is 13.1. The molecule has 0 aliphatic heterocycles. The highest BCUT2D eigenvalue weighted by Crippen LogP contribution is 2.34. The molecule has 1 unspecified atom stereocenters. The summed E-state index contributed by atoms with van der Waals surface area (Å²) in [5.74, 6) is 0.199. The average molecular weight is 276 g/mol. The Labute approximate surface area is 122 Å². The number of benzene rings is 1. The quantitative estimate of drug-likeness (QED) is 0.767. The van der Waals surface area contributed by atoms with E-state index >= 15 is 0 Å². The van der Waals surface area contributed by atoms with Crippen molar-refractivity contribution in [3.63, 3.8) is 0 Å². The molecule has 3 nitrogen and oxygen atoms in total. The summed E-state index contributed by atoms with van der Waals surface area (Å²) in [5, 5.41) is 3.39. The zero-order valence-electron chi connectivity index (χ0n) is 13.1. The second-order valence-corrected chi connectivity index (χ2v) is 6.27. The molecule has 3 N–H and O–H groups in total. The van der Waals surface area contributed by atoms with Crippen molar-refractivity contribution in [2.75, 3.05) is 6.54 Å². The monoisotopic (exact) mass is 276 g/mol. The molecule has 0 aromatic heterocycles. The first-order valence-electron chi connectivity index (χ1n) is 7.47. The molecule has 0 saturated carbocycles. The van der Waals surface area contributed by atoms with Crippen molar-refractivity contribution in [1.82, 2.24) is 5.32 Å². The Morgan fingerprint density at radius 2 is 1.80 bits per heavy atom. The van der Waals surface area contributed by atoms with E-state index in [4.69, 9.17) is 5.73 Å². The number of nitrogens with one attached hydrogen (secondary N) is 1. The number of rotatable bonds is 8. The van der Waals surface area contributed by atoms with E-state index < -0.39 is 5.41 Å². The van der Waals surface area contributed by atoms with Gasteiger partial charge >= 0.3 is 0 Å². The Morgan fingerprint density at radius 1 is 1.20 bits per heavy atom. The van der Waals surface area contributed by atoms with Crippen LogP contribution in [0.3, 0.4) is 0 Å². The van der Waals surface area contributed by atoms with Gasteiger partial charge in [0.2, 0.25) is 5.91 Å². The van der Waals surface area contributed by atoms with Gasteiger partial charge in [-0.15, -0.1) is 0 Å². The van der Waals surface area contributed by atoms with E-state index in [9.17, 15) is 4.79 Å². The van der Waals surface area contributed by atoms with E-state index in [0.717, 1.165) is 24.9 Å². The molecule has 0 aliphatic carbocycles. The normalized spacial score (nSPS) is 14.5. The van der Waals surface area contributed by atoms with Crippen LogP contribution in [0.15, 0.2) is 30.3 Å². The molecule has 0 heterocycles. The van der Waals surface area contributed by atoms with Crippen molar-refractivity contribution < 1.29 is 4.79 Å². The van der Waals surface area contributed by atoms with Crippen molar-refractivity contribution in [3.8, 4) is 0 Å². The van der Waals surface area contributed by atoms with Gasteiger partial charge in [0.05, 0.1) is 5.41 Å². The Balaban J connectivity index is 3.05. The minimum atomic E-state index is -0.572. The molecule has 1 rings (SSSR count). The van der Waals surface area contributed by atoms with Crippen molar-refractivity contribution in [1.29, 1.82) is 0 Å². The lowest BCUT2D eigenvalue weighted by atomic mass is 9.71. The van der Waals surface area contributed by atoms with Crippen LogP contribution in [0.25, 0.3) is 0 Å². The maximum Gasteiger partial charge on any atom is 0.228 e. The molecule has 1 amide bonds. The van der Waals surface area contributed by atoms with Crippen molar-refractivity contribution in [2.24, 2.45) is 11.7 Å². The van der Waals surface area contributed by atoms with Crippen LogP contribution in [0.4, 0.5) is 0 Å². The molecule has 1 aromatic rings. The molecule has 3 heteroatoms. The van der Waals surface area contributed by atoms with E-state index in [2.05, 4.69) is 33.0 Å². The summed E-state index contributed by atoms with van der Waals surface area (Å²) in [7, 11) is 0. The van der Waals surface area contributed by atoms with Crippen LogP contribution < -0.4 is 11.1 Å². The molecule has 1 atom stereocenters. The fraction of sp³-hybridized carbons (Fsp3) is 0.588. The van der Waals surface area contributed by atoms with Crippen LogP contribution in [0.1, 0.15) is 46.1 Å². The van der Waals surface area contributed by atoms with Gasteiger partial charge in [-0.2, -0.15) is 0 Å². The van der Waals surface area contributed by atoms with E-state index in [-0.39, 0.29) is 5.91 Å². The van der Waals surface area contributed by atoms with Gasteiger partial charge in [-0.05, 0) is 30.9 Å². The lowest BCUT2D eigenvalue weighted by Gasteiger charge is -2.33. The summed E-state index contributed by atoms with van der Waals surface area (Å²) >= 11 is 0. The number of amides is 1. The zero-order chi connectivity index (χ0) is 15.2. The Morgan fingerprint density at radius 3 is 2.25 bits per heavy atom. The van der Waals surface area contributed by atoms with Gasteiger partial charge < -0.3 is 11.1 Å². The standard InChI is InChI=1S/C17H28N2O/c1-13(2)12-17(16(18)20,10-11-19-14(3)4)15-8-6-5-7-9-15/h5-9,13-14,19H,10-12H2,1-4H3,(H2,18,20). The number of hydrogen-bond donors (Lipinski definition) is 2. The number of nitrogens with two attached hydrogens (primary N) is 1. The van der Waals surface area contributed by atoms with Crippen LogP contribution in [-0.4, -0.2) is 18.5 Å². The van der Waals surface area contributed by atoms with E-state index in [0.29, 0.717) is 12.0 Å². The fourth-order valence-corrected chi connectivity index (χ4v) is 2.76.